The normalized spacial score (nSPS) is 10.7. The summed E-state index contributed by atoms with van der Waals surface area (Å²) in [5.74, 6) is -0.0921. The number of anilines is 1. The molecule has 0 bridgehead atoms. The minimum Gasteiger partial charge on any atom is -0.502 e. The quantitative estimate of drug-likeness (QED) is 0.589. The third-order valence-corrected chi connectivity index (χ3v) is 3.17. The van der Waals surface area contributed by atoms with Crippen LogP contribution in [0.2, 0.25) is 0 Å². The Labute approximate surface area is 130 Å². The highest BCUT2D eigenvalue weighted by atomic mass is 16.4. The first-order valence-corrected chi connectivity index (χ1v) is 6.94. The largest absolute Gasteiger partial charge is 0.502 e. The number of carbonyl (C=O) groups is 1. The maximum atomic E-state index is 11.5. The second kappa shape index (κ2) is 5.84. The molecule has 0 spiro atoms. The molecule has 118 valence electrons. The molecule has 0 aliphatic carbocycles. The van der Waals surface area contributed by atoms with E-state index in [1.54, 1.807) is 18.2 Å². The molecule has 3 aromatic rings. The first kappa shape index (κ1) is 14.6. The van der Waals surface area contributed by atoms with Gasteiger partial charge in [-0.2, -0.15) is 0 Å². The van der Waals surface area contributed by atoms with E-state index in [2.05, 4.69) is 20.6 Å². The fourth-order valence-electron chi connectivity index (χ4n) is 2.13. The van der Waals surface area contributed by atoms with E-state index >= 15 is 0 Å². The molecule has 0 radical (unpaired) electrons. The third kappa shape index (κ3) is 2.86. The van der Waals surface area contributed by atoms with E-state index in [0.29, 0.717) is 29.1 Å². The van der Waals surface area contributed by atoms with Crippen LogP contribution in [0.15, 0.2) is 39.7 Å². The summed E-state index contributed by atoms with van der Waals surface area (Å²) in [4.78, 5) is 30.2. The zero-order valence-corrected chi connectivity index (χ0v) is 12.2. The summed E-state index contributed by atoms with van der Waals surface area (Å²) in [5, 5.41) is 15.0. The van der Waals surface area contributed by atoms with Crippen molar-refractivity contribution in [1.82, 2.24) is 15.3 Å². The number of aromatic hydroxyl groups is 1. The fraction of sp³-hybridized carbons (Fsp3) is 0.133. The zero-order chi connectivity index (χ0) is 16.4. The maximum Gasteiger partial charge on any atom is 0.321 e. The van der Waals surface area contributed by atoms with Gasteiger partial charge in [0.1, 0.15) is 0 Å². The Bertz CT molecular complexity index is 929. The highest BCUT2D eigenvalue weighted by Gasteiger charge is 2.12. The van der Waals surface area contributed by atoms with Crippen molar-refractivity contribution in [3.63, 3.8) is 0 Å². The van der Waals surface area contributed by atoms with Gasteiger partial charge < -0.3 is 19.8 Å². The summed E-state index contributed by atoms with van der Waals surface area (Å²) in [6.07, 6.45) is 1.22. The van der Waals surface area contributed by atoms with E-state index in [1.807, 2.05) is 6.92 Å². The number of hydrogen-bond donors (Lipinski definition) is 4. The zero-order valence-electron chi connectivity index (χ0n) is 12.2. The minimum absolute atomic E-state index is 0.0700. The summed E-state index contributed by atoms with van der Waals surface area (Å²) in [7, 11) is 0. The first-order valence-electron chi connectivity index (χ1n) is 6.94. The molecule has 0 aliphatic heterocycles. The molecular formula is C15H14N4O4. The lowest BCUT2D eigenvalue weighted by molar-refractivity contribution is 0.252. The van der Waals surface area contributed by atoms with E-state index in [-0.39, 0.29) is 11.8 Å². The van der Waals surface area contributed by atoms with Crippen LogP contribution in [-0.4, -0.2) is 27.7 Å². The Kier molecular flexibility index (Phi) is 3.71. The number of aromatic amines is 1. The molecule has 2 aromatic heterocycles. The van der Waals surface area contributed by atoms with E-state index < -0.39 is 11.2 Å². The number of nitrogens with one attached hydrogen (secondary N) is 3. The van der Waals surface area contributed by atoms with Crippen LogP contribution < -0.4 is 16.1 Å². The van der Waals surface area contributed by atoms with Crippen molar-refractivity contribution in [1.29, 1.82) is 0 Å². The molecule has 23 heavy (non-hydrogen) atoms. The van der Waals surface area contributed by atoms with Crippen LogP contribution >= 0.6 is 0 Å². The predicted molar refractivity (Wildman–Crippen MR) is 84.4 cm³/mol. The lowest BCUT2D eigenvalue weighted by atomic mass is 10.1. The van der Waals surface area contributed by atoms with Crippen molar-refractivity contribution >= 4 is 23.0 Å². The smallest absolute Gasteiger partial charge is 0.321 e. The molecule has 4 N–H and O–H groups in total. The van der Waals surface area contributed by atoms with Crippen molar-refractivity contribution in [2.45, 2.75) is 6.92 Å². The monoisotopic (exact) mass is 314 g/mol. The van der Waals surface area contributed by atoms with Gasteiger partial charge in [-0.15, -0.1) is 0 Å². The molecule has 0 unspecified atom stereocenters. The first-order chi connectivity index (χ1) is 11.1. The third-order valence-electron chi connectivity index (χ3n) is 3.17. The molecule has 3 rings (SSSR count). The number of amides is 2. The number of nitrogens with zero attached hydrogens (tertiary/aromatic N) is 1. The van der Waals surface area contributed by atoms with Crippen molar-refractivity contribution in [2.75, 3.05) is 11.9 Å². The maximum absolute atomic E-state index is 11.5. The van der Waals surface area contributed by atoms with Gasteiger partial charge in [0.25, 0.3) is 0 Å². The van der Waals surface area contributed by atoms with Crippen molar-refractivity contribution in [3.8, 4) is 17.1 Å². The molecule has 0 fully saturated rings. The van der Waals surface area contributed by atoms with Gasteiger partial charge in [0, 0.05) is 18.2 Å². The van der Waals surface area contributed by atoms with Gasteiger partial charge in [0.2, 0.25) is 17.1 Å². The van der Waals surface area contributed by atoms with Gasteiger partial charge in [0.05, 0.1) is 17.3 Å². The molecular weight excluding hydrogens is 300 g/mol. The van der Waals surface area contributed by atoms with Gasteiger partial charge in [0.15, 0.2) is 5.76 Å². The van der Waals surface area contributed by atoms with Crippen LogP contribution in [0.25, 0.3) is 22.4 Å². The van der Waals surface area contributed by atoms with Crippen LogP contribution in [0.4, 0.5) is 10.7 Å². The topological polar surface area (TPSA) is 120 Å². The lowest BCUT2D eigenvalue weighted by Gasteiger charge is -2.01. The van der Waals surface area contributed by atoms with Gasteiger partial charge in [-0.25, -0.2) is 9.78 Å². The van der Waals surface area contributed by atoms with Crippen molar-refractivity contribution in [3.05, 3.63) is 40.8 Å². The number of benzene rings is 1. The molecule has 0 saturated heterocycles. The second-order valence-corrected chi connectivity index (χ2v) is 4.76. The van der Waals surface area contributed by atoms with Gasteiger partial charge in [-0.3, -0.25) is 10.1 Å². The van der Waals surface area contributed by atoms with Crippen LogP contribution in [0.5, 0.6) is 5.75 Å². The number of hydrogen-bond acceptors (Lipinski definition) is 5. The molecule has 8 nitrogen and oxygen atoms in total. The number of imidazole rings is 1. The van der Waals surface area contributed by atoms with Gasteiger partial charge in [-0.05, 0) is 25.1 Å². The summed E-state index contributed by atoms with van der Waals surface area (Å²) in [6, 6.07) is 5.81. The van der Waals surface area contributed by atoms with Gasteiger partial charge >= 0.3 is 6.03 Å². The number of rotatable bonds is 3. The van der Waals surface area contributed by atoms with E-state index in [9.17, 15) is 14.7 Å². The number of fused-ring (bicyclic) bond motifs is 1. The summed E-state index contributed by atoms with van der Waals surface area (Å²) < 4.78 is 5.21. The highest BCUT2D eigenvalue weighted by molar-refractivity contribution is 5.90. The van der Waals surface area contributed by atoms with Crippen molar-refractivity contribution < 1.29 is 14.3 Å². The Hall–Kier alpha value is -3.29. The average Bonchev–Trinajstić information content (AvgIpc) is 2.91. The van der Waals surface area contributed by atoms with Gasteiger partial charge in [-0.1, -0.05) is 0 Å². The predicted octanol–water partition coefficient (Wildman–Crippen LogP) is 2.03. The fourth-order valence-corrected chi connectivity index (χ4v) is 2.13. The number of aromatic nitrogens is 2. The number of H-pyrrole nitrogens is 1. The lowest BCUT2D eigenvalue weighted by Crippen LogP contribution is -2.28. The molecule has 0 saturated carbocycles. The molecule has 2 amide bonds. The van der Waals surface area contributed by atoms with Crippen LogP contribution in [0, 0.1) is 0 Å². The summed E-state index contributed by atoms with van der Waals surface area (Å²) in [6.45, 7) is 2.31. The molecule has 8 heteroatoms. The Balaban J connectivity index is 1.97. The number of carbonyl (C=O) groups excluding carboxylic acids is 1. The highest BCUT2D eigenvalue weighted by Crippen LogP contribution is 2.28. The second-order valence-electron chi connectivity index (χ2n) is 4.76. The van der Waals surface area contributed by atoms with E-state index in [0.717, 1.165) is 6.07 Å². The summed E-state index contributed by atoms with van der Waals surface area (Å²) >= 11 is 0. The number of urea groups is 1. The van der Waals surface area contributed by atoms with E-state index in [4.69, 9.17) is 4.42 Å². The Morgan fingerprint density at radius 1 is 1.39 bits per heavy atom. The Morgan fingerprint density at radius 3 is 3.00 bits per heavy atom. The van der Waals surface area contributed by atoms with Crippen LogP contribution in [-0.2, 0) is 0 Å². The van der Waals surface area contributed by atoms with E-state index in [1.165, 1.54) is 6.26 Å². The molecule has 0 aliphatic rings. The Morgan fingerprint density at radius 2 is 2.22 bits per heavy atom. The van der Waals surface area contributed by atoms with Crippen molar-refractivity contribution in [2.24, 2.45) is 0 Å². The SMILES string of the molecule is CCNC(=O)Nc1nc2cc(-c3occc(=O)c3O)ccc2[nH]1. The average molecular weight is 314 g/mol. The standard InChI is InChI=1S/C15H14N4O4/c1-2-16-15(22)19-14-17-9-4-3-8(7-10(9)18-14)13-12(21)11(20)5-6-23-13/h3-7,21H,2H2,1H3,(H3,16,17,18,19,22). The van der Waals surface area contributed by atoms with Crippen LogP contribution in [0.3, 0.4) is 0 Å². The minimum atomic E-state index is -0.521. The molecule has 0 atom stereocenters. The molecule has 1 aromatic carbocycles. The van der Waals surface area contributed by atoms with Crippen LogP contribution in [0.1, 0.15) is 6.92 Å². The summed E-state index contributed by atoms with van der Waals surface area (Å²) in [5.41, 5.74) is 1.23. The molecule has 2 heterocycles.